The van der Waals surface area contributed by atoms with Crippen LogP contribution in [0.4, 0.5) is 5.95 Å². The van der Waals surface area contributed by atoms with Crippen LogP contribution in [0.15, 0.2) is 60.7 Å². The summed E-state index contributed by atoms with van der Waals surface area (Å²) < 4.78 is 0. The van der Waals surface area contributed by atoms with Gasteiger partial charge in [-0.05, 0) is 26.7 Å². The first kappa shape index (κ1) is 19.0. The fourth-order valence-electron chi connectivity index (χ4n) is 3.01. The number of anilines is 1. The molecule has 2 aromatic carbocycles. The first-order valence-corrected chi connectivity index (χ1v) is 9.43. The smallest absolute Gasteiger partial charge is 0.246 e. The number of benzene rings is 2. The second-order valence-corrected chi connectivity index (χ2v) is 6.76. The lowest BCUT2D eigenvalue weighted by Gasteiger charge is -2.27. The van der Waals surface area contributed by atoms with Gasteiger partial charge in [-0.25, -0.2) is 4.98 Å². The number of hydrogen-bond donors (Lipinski definition) is 1. The Hall–Kier alpha value is -2.79. The van der Waals surface area contributed by atoms with Crippen LogP contribution in [-0.2, 0) is 0 Å². The molecule has 140 valence electrons. The van der Waals surface area contributed by atoms with Gasteiger partial charge in [0, 0.05) is 30.3 Å². The first-order chi connectivity index (χ1) is 13.2. The van der Waals surface area contributed by atoms with E-state index in [1.165, 1.54) is 0 Å². The normalized spacial score (nSPS) is 11.0. The monoisotopic (exact) mass is 362 g/mol. The number of unbranched alkanes of at least 4 members (excludes halogenated alkanes) is 1. The molecule has 0 saturated heterocycles. The van der Waals surface area contributed by atoms with Crippen LogP contribution in [0.1, 0.15) is 26.7 Å². The van der Waals surface area contributed by atoms with Gasteiger partial charge in [-0.2, -0.15) is 0 Å². The standard InChI is InChI=1S/C22H26N4O/c1-17(2)26(15-9-10-16-27)22-23-20(18-11-5-3-6-12-18)21(24-25-22)19-13-7-4-8-14-19/h3-8,11-14,17,27H,9-10,15-16H2,1-2H3. The van der Waals surface area contributed by atoms with Gasteiger partial charge in [-0.1, -0.05) is 60.7 Å². The zero-order valence-corrected chi connectivity index (χ0v) is 15.9. The number of aromatic nitrogens is 3. The van der Waals surface area contributed by atoms with E-state index in [9.17, 15) is 0 Å². The maximum absolute atomic E-state index is 9.08. The van der Waals surface area contributed by atoms with E-state index in [-0.39, 0.29) is 12.6 Å². The third-order valence-electron chi connectivity index (χ3n) is 4.46. The minimum absolute atomic E-state index is 0.202. The minimum atomic E-state index is 0.202. The second kappa shape index (κ2) is 9.24. The molecule has 0 fully saturated rings. The van der Waals surface area contributed by atoms with Crippen LogP contribution >= 0.6 is 0 Å². The average Bonchev–Trinajstić information content (AvgIpc) is 2.72. The molecule has 3 rings (SSSR count). The maximum atomic E-state index is 9.08. The summed E-state index contributed by atoms with van der Waals surface area (Å²) in [5.74, 6) is 0.626. The van der Waals surface area contributed by atoms with Crippen molar-refractivity contribution in [2.24, 2.45) is 0 Å². The minimum Gasteiger partial charge on any atom is -0.396 e. The molecule has 27 heavy (non-hydrogen) atoms. The van der Waals surface area contributed by atoms with Gasteiger partial charge in [0.2, 0.25) is 5.95 Å². The van der Waals surface area contributed by atoms with Crippen molar-refractivity contribution in [3.63, 3.8) is 0 Å². The van der Waals surface area contributed by atoms with Gasteiger partial charge < -0.3 is 10.0 Å². The predicted octanol–water partition coefficient (Wildman–Crippen LogP) is 4.19. The van der Waals surface area contributed by atoms with Crippen LogP contribution in [0.2, 0.25) is 0 Å². The molecular weight excluding hydrogens is 336 g/mol. The van der Waals surface area contributed by atoms with Crippen LogP contribution < -0.4 is 4.90 Å². The first-order valence-electron chi connectivity index (χ1n) is 9.43. The van der Waals surface area contributed by atoms with Crippen molar-refractivity contribution < 1.29 is 5.11 Å². The Kier molecular flexibility index (Phi) is 6.49. The lowest BCUT2D eigenvalue weighted by molar-refractivity contribution is 0.284. The summed E-state index contributed by atoms with van der Waals surface area (Å²) in [5.41, 5.74) is 3.63. The van der Waals surface area contributed by atoms with Gasteiger partial charge in [-0.15, -0.1) is 10.2 Å². The Balaban J connectivity index is 2.05. The summed E-state index contributed by atoms with van der Waals surface area (Å²) in [6.45, 7) is 5.23. The molecule has 0 aliphatic heterocycles. The van der Waals surface area contributed by atoms with Gasteiger partial charge in [0.15, 0.2) is 0 Å². The van der Waals surface area contributed by atoms with E-state index < -0.39 is 0 Å². The van der Waals surface area contributed by atoms with Gasteiger partial charge in [0.25, 0.3) is 0 Å². The molecule has 0 aliphatic carbocycles. The zero-order chi connectivity index (χ0) is 19.1. The summed E-state index contributed by atoms with van der Waals surface area (Å²) in [6, 6.07) is 20.4. The van der Waals surface area contributed by atoms with Crippen molar-refractivity contribution in [2.45, 2.75) is 32.7 Å². The number of aliphatic hydroxyl groups excluding tert-OH is 1. The number of nitrogens with zero attached hydrogens (tertiary/aromatic N) is 4. The molecule has 0 atom stereocenters. The van der Waals surface area contributed by atoms with E-state index in [2.05, 4.69) is 28.9 Å². The highest BCUT2D eigenvalue weighted by Crippen LogP contribution is 2.29. The van der Waals surface area contributed by atoms with Crippen LogP contribution in [0.3, 0.4) is 0 Å². The van der Waals surface area contributed by atoms with Crippen molar-refractivity contribution >= 4 is 5.95 Å². The molecule has 1 heterocycles. The van der Waals surface area contributed by atoms with Gasteiger partial charge in [0.1, 0.15) is 11.4 Å². The molecular formula is C22H26N4O. The van der Waals surface area contributed by atoms with Gasteiger partial charge in [-0.3, -0.25) is 0 Å². The Morgan fingerprint density at radius 1 is 0.815 bits per heavy atom. The fourth-order valence-corrected chi connectivity index (χ4v) is 3.01. The Morgan fingerprint density at radius 3 is 1.96 bits per heavy atom. The molecule has 0 amide bonds. The van der Waals surface area contributed by atoms with E-state index >= 15 is 0 Å². The number of aliphatic hydroxyl groups is 1. The van der Waals surface area contributed by atoms with E-state index in [4.69, 9.17) is 10.1 Å². The summed E-state index contributed by atoms with van der Waals surface area (Å²) in [7, 11) is 0. The Morgan fingerprint density at radius 2 is 1.41 bits per heavy atom. The third-order valence-corrected chi connectivity index (χ3v) is 4.46. The zero-order valence-electron chi connectivity index (χ0n) is 15.9. The quantitative estimate of drug-likeness (QED) is 0.609. The molecule has 0 radical (unpaired) electrons. The van der Waals surface area contributed by atoms with Crippen molar-refractivity contribution in [1.29, 1.82) is 0 Å². The summed E-state index contributed by atoms with van der Waals surface area (Å²) in [5, 5.41) is 18.1. The highest BCUT2D eigenvalue weighted by molar-refractivity contribution is 5.78. The van der Waals surface area contributed by atoms with Crippen LogP contribution in [0.5, 0.6) is 0 Å². The van der Waals surface area contributed by atoms with Crippen LogP contribution in [0, 0.1) is 0 Å². The highest BCUT2D eigenvalue weighted by atomic mass is 16.2. The molecule has 0 unspecified atom stereocenters. The molecule has 0 saturated carbocycles. The van der Waals surface area contributed by atoms with Crippen molar-refractivity contribution in [1.82, 2.24) is 15.2 Å². The average molecular weight is 362 g/mol. The fraction of sp³-hybridized carbons (Fsp3) is 0.318. The largest absolute Gasteiger partial charge is 0.396 e. The predicted molar refractivity (Wildman–Crippen MR) is 110 cm³/mol. The lowest BCUT2D eigenvalue weighted by Crippen LogP contribution is -2.33. The Labute approximate surface area is 160 Å². The van der Waals surface area contributed by atoms with E-state index in [1.807, 2.05) is 60.7 Å². The summed E-state index contributed by atoms with van der Waals surface area (Å²) >= 11 is 0. The molecule has 0 spiro atoms. The molecule has 0 aliphatic rings. The third kappa shape index (κ3) is 4.68. The molecule has 1 N–H and O–H groups in total. The molecule has 5 heteroatoms. The van der Waals surface area contributed by atoms with E-state index in [0.717, 1.165) is 41.9 Å². The Bertz CT molecular complexity index is 837. The van der Waals surface area contributed by atoms with Crippen LogP contribution in [0.25, 0.3) is 22.5 Å². The van der Waals surface area contributed by atoms with E-state index in [1.54, 1.807) is 0 Å². The second-order valence-electron chi connectivity index (χ2n) is 6.76. The SMILES string of the molecule is CC(C)N(CCCCO)c1nnc(-c2ccccc2)c(-c2ccccc2)n1. The molecule has 5 nitrogen and oxygen atoms in total. The highest BCUT2D eigenvalue weighted by Gasteiger charge is 2.18. The van der Waals surface area contributed by atoms with Gasteiger partial charge in [0.05, 0.1) is 0 Å². The maximum Gasteiger partial charge on any atom is 0.246 e. The number of hydrogen-bond acceptors (Lipinski definition) is 5. The number of rotatable bonds is 8. The van der Waals surface area contributed by atoms with Gasteiger partial charge >= 0.3 is 0 Å². The lowest BCUT2D eigenvalue weighted by atomic mass is 10.0. The summed E-state index contributed by atoms with van der Waals surface area (Å²) in [6.07, 6.45) is 1.66. The topological polar surface area (TPSA) is 62.1 Å². The molecule has 1 aromatic heterocycles. The van der Waals surface area contributed by atoms with Crippen molar-refractivity contribution in [2.75, 3.05) is 18.1 Å². The van der Waals surface area contributed by atoms with E-state index in [0.29, 0.717) is 5.95 Å². The molecule has 0 bridgehead atoms. The molecule has 3 aromatic rings. The van der Waals surface area contributed by atoms with Crippen molar-refractivity contribution in [3.8, 4) is 22.5 Å². The summed E-state index contributed by atoms with van der Waals surface area (Å²) in [4.78, 5) is 7.05. The van der Waals surface area contributed by atoms with Crippen molar-refractivity contribution in [3.05, 3.63) is 60.7 Å². The van der Waals surface area contributed by atoms with Crippen LogP contribution in [-0.4, -0.2) is 39.5 Å².